The summed E-state index contributed by atoms with van der Waals surface area (Å²) in [5.74, 6) is -0.564. The Hall–Kier alpha value is -3.13. The van der Waals surface area contributed by atoms with Crippen molar-refractivity contribution >= 4 is 29.8 Å². The van der Waals surface area contributed by atoms with Gasteiger partial charge in [0.25, 0.3) is 5.56 Å². The molecule has 0 aliphatic carbocycles. The number of rotatable bonds is 9. The molecule has 0 aliphatic heterocycles. The van der Waals surface area contributed by atoms with Gasteiger partial charge >= 0.3 is 5.97 Å². The molecular formula is C21H27ClN4O4. The quantitative estimate of drug-likeness (QED) is 0.241. The molecule has 4 N–H and O–H groups in total. The maximum Gasteiger partial charge on any atom is 0.326 e. The molecule has 8 nitrogen and oxygen atoms in total. The van der Waals surface area contributed by atoms with Crippen molar-refractivity contribution < 1.29 is 14.7 Å². The number of carbonyl (C=O) groups excluding carboxylic acids is 1. The first-order chi connectivity index (χ1) is 14.2. The minimum atomic E-state index is -1.04. The molecule has 1 aromatic carbocycles. The number of halogens is 1. The van der Waals surface area contributed by atoms with Gasteiger partial charge in [-0.25, -0.2) is 4.79 Å². The molecule has 9 heteroatoms. The molecule has 162 valence electrons. The molecule has 1 heterocycles. The topological polar surface area (TPSA) is 127 Å². The summed E-state index contributed by atoms with van der Waals surface area (Å²) in [7, 11) is 0. The molecule has 0 fully saturated rings. The third-order valence-corrected chi connectivity index (χ3v) is 4.27. The Morgan fingerprint density at radius 2 is 2.10 bits per heavy atom. The lowest BCUT2D eigenvalue weighted by Gasteiger charge is -2.09. The summed E-state index contributed by atoms with van der Waals surface area (Å²) in [6.07, 6.45) is 3.10. The van der Waals surface area contributed by atoms with E-state index in [4.69, 9.17) is 22.4 Å². The molecule has 2 rings (SSSR count). The third-order valence-electron chi connectivity index (χ3n) is 4.03. The molecule has 1 amide bonds. The Morgan fingerprint density at radius 3 is 2.70 bits per heavy atom. The summed E-state index contributed by atoms with van der Waals surface area (Å²) in [4.78, 5) is 36.3. The molecule has 0 saturated carbocycles. The highest BCUT2D eigenvalue weighted by molar-refractivity contribution is 6.30. The molecule has 30 heavy (non-hydrogen) atoms. The number of benzene rings is 1. The number of carbonyl (C=O) groups is 2. The zero-order valence-electron chi connectivity index (χ0n) is 17.0. The zero-order valence-corrected chi connectivity index (χ0v) is 17.8. The van der Waals surface area contributed by atoms with Crippen LogP contribution in [0, 0.1) is 6.92 Å². The maximum absolute atomic E-state index is 11.8. The second-order valence-electron chi connectivity index (χ2n) is 6.59. The lowest BCUT2D eigenvalue weighted by Crippen LogP contribution is -2.35. The monoisotopic (exact) mass is 434 g/mol. The van der Waals surface area contributed by atoms with Gasteiger partial charge in [-0.3, -0.25) is 14.6 Å². The van der Waals surface area contributed by atoms with E-state index in [-0.39, 0.29) is 5.56 Å². The van der Waals surface area contributed by atoms with Crippen LogP contribution in [0.15, 0.2) is 52.4 Å². The molecule has 0 aliphatic rings. The summed E-state index contributed by atoms with van der Waals surface area (Å²) in [6.45, 7) is 4.52. The molecule has 0 radical (unpaired) electrons. The van der Waals surface area contributed by atoms with Gasteiger partial charge in [0.05, 0.1) is 12.4 Å². The molecule has 0 bridgehead atoms. The van der Waals surface area contributed by atoms with Crippen molar-refractivity contribution in [3.8, 4) is 0 Å². The van der Waals surface area contributed by atoms with Gasteiger partial charge < -0.3 is 20.7 Å². The lowest BCUT2D eigenvalue weighted by molar-refractivity contribution is -0.140. The van der Waals surface area contributed by atoms with Gasteiger partial charge in [0.2, 0.25) is 6.41 Å². The van der Waals surface area contributed by atoms with Crippen molar-refractivity contribution in [1.82, 2.24) is 9.88 Å². The van der Waals surface area contributed by atoms with Crippen molar-refractivity contribution in [1.29, 1.82) is 0 Å². The SMILES string of the molecule is CC(N)=NCCCC(NC=O)C(=O)O.Cc1cccn(Cc2cccc(Cl)c2)c1=O. The average molecular weight is 435 g/mol. The lowest BCUT2D eigenvalue weighted by atomic mass is 10.1. The van der Waals surface area contributed by atoms with Gasteiger partial charge in [-0.05, 0) is 50.5 Å². The Bertz CT molecular complexity index is 923. The fourth-order valence-corrected chi connectivity index (χ4v) is 2.74. The summed E-state index contributed by atoms with van der Waals surface area (Å²) in [6, 6.07) is 10.4. The minimum absolute atomic E-state index is 0.0440. The normalized spacial score (nSPS) is 11.8. The largest absolute Gasteiger partial charge is 0.480 e. The van der Waals surface area contributed by atoms with Crippen LogP contribution in [0.2, 0.25) is 5.02 Å². The predicted molar refractivity (Wildman–Crippen MR) is 118 cm³/mol. The number of carboxylic acid groups (broad SMARTS) is 1. The number of hydrogen-bond donors (Lipinski definition) is 3. The summed E-state index contributed by atoms with van der Waals surface area (Å²) in [5.41, 5.74) is 7.12. The number of pyridine rings is 1. The summed E-state index contributed by atoms with van der Waals surface area (Å²) < 4.78 is 1.68. The number of nitrogens with zero attached hydrogens (tertiary/aromatic N) is 2. The summed E-state index contributed by atoms with van der Waals surface area (Å²) >= 11 is 5.89. The van der Waals surface area contributed by atoms with Gasteiger partial charge in [-0.1, -0.05) is 29.8 Å². The van der Waals surface area contributed by atoms with Crippen LogP contribution in [-0.4, -0.2) is 40.5 Å². The number of aliphatic imine (C=N–C) groups is 1. The van der Waals surface area contributed by atoms with E-state index in [9.17, 15) is 14.4 Å². The number of aromatic nitrogens is 1. The van der Waals surface area contributed by atoms with Crippen LogP contribution in [-0.2, 0) is 16.1 Å². The van der Waals surface area contributed by atoms with E-state index in [1.165, 1.54) is 0 Å². The molecular weight excluding hydrogens is 408 g/mol. The summed E-state index contributed by atoms with van der Waals surface area (Å²) in [5, 5.41) is 11.5. The standard InChI is InChI=1S/C13H12ClNO.C8H15N3O3/c1-10-4-3-7-15(13(10)16)9-11-5-2-6-12(14)8-11;1-6(9)10-4-2-3-7(8(13)14)11-5-12/h2-8H,9H2,1H3;5,7H,2-4H2,1H3,(H2,9,10)(H,11,12)(H,13,14). The Labute approximate surface area is 180 Å². The van der Waals surface area contributed by atoms with Gasteiger partial charge in [-0.15, -0.1) is 0 Å². The van der Waals surface area contributed by atoms with Crippen LogP contribution in [0.1, 0.15) is 30.9 Å². The molecule has 1 atom stereocenters. The van der Waals surface area contributed by atoms with Crippen molar-refractivity contribution in [2.24, 2.45) is 10.7 Å². The van der Waals surface area contributed by atoms with Gasteiger partial charge in [0.1, 0.15) is 6.04 Å². The van der Waals surface area contributed by atoms with E-state index in [1.54, 1.807) is 17.7 Å². The predicted octanol–water partition coefficient (Wildman–Crippen LogP) is 2.20. The number of amidine groups is 1. The highest BCUT2D eigenvalue weighted by atomic mass is 35.5. The van der Waals surface area contributed by atoms with Crippen LogP contribution < -0.4 is 16.6 Å². The Kier molecular flexibility index (Phi) is 10.9. The second kappa shape index (κ2) is 13.2. The van der Waals surface area contributed by atoms with E-state index in [1.807, 2.05) is 43.3 Å². The van der Waals surface area contributed by atoms with Crippen LogP contribution in [0.25, 0.3) is 0 Å². The van der Waals surface area contributed by atoms with E-state index >= 15 is 0 Å². The number of carboxylic acids is 1. The van der Waals surface area contributed by atoms with Crippen molar-refractivity contribution in [2.45, 2.75) is 39.3 Å². The van der Waals surface area contributed by atoms with Crippen LogP contribution in [0.5, 0.6) is 0 Å². The number of aliphatic carboxylic acids is 1. The number of nitrogens with one attached hydrogen (secondary N) is 1. The van der Waals surface area contributed by atoms with Gasteiger partial charge in [0, 0.05) is 23.3 Å². The van der Waals surface area contributed by atoms with E-state index in [0.29, 0.717) is 43.2 Å². The molecule has 1 unspecified atom stereocenters. The fraction of sp³-hybridized carbons (Fsp3) is 0.333. The van der Waals surface area contributed by atoms with Crippen LogP contribution >= 0.6 is 11.6 Å². The van der Waals surface area contributed by atoms with Crippen molar-refractivity contribution in [3.63, 3.8) is 0 Å². The zero-order chi connectivity index (χ0) is 22.5. The van der Waals surface area contributed by atoms with Crippen molar-refractivity contribution in [2.75, 3.05) is 6.54 Å². The minimum Gasteiger partial charge on any atom is -0.480 e. The maximum atomic E-state index is 11.8. The Balaban J connectivity index is 0.000000304. The fourth-order valence-electron chi connectivity index (χ4n) is 2.52. The van der Waals surface area contributed by atoms with Gasteiger partial charge in [0.15, 0.2) is 0 Å². The highest BCUT2D eigenvalue weighted by Crippen LogP contribution is 2.11. The van der Waals surface area contributed by atoms with E-state index in [2.05, 4.69) is 10.3 Å². The van der Waals surface area contributed by atoms with E-state index in [0.717, 1.165) is 11.1 Å². The highest BCUT2D eigenvalue weighted by Gasteiger charge is 2.14. The molecule has 0 spiro atoms. The van der Waals surface area contributed by atoms with Crippen LogP contribution in [0.4, 0.5) is 0 Å². The Morgan fingerprint density at radius 1 is 1.37 bits per heavy atom. The average Bonchev–Trinajstić information content (AvgIpc) is 2.68. The first-order valence-electron chi connectivity index (χ1n) is 9.34. The number of amides is 1. The molecule has 2 aromatic rings. The number of hydrogen-bond acceptors (Lipinski definition) is 4. The molecule has 0 saturated heterocycles. The number of nitrogens with two attached hydrogens (primary N) is 1. The number of aryl methyl sites for hydroxylation is 1. The van der Waals surface area contributed by atoms with Gasteiger partial charge in [-0.2, -0.15) is 0 Å². The third kappa shape index (κ3) is 9.38. The van der Waals surface area contributed by atoms with Crippen molar-refractivity contribution in [3.05, 3.63) is 69.1 Å². The second-order valence-corrected chi connectivity index (χ2v) is 7.03. The van der Waals surface area contributed by atoms with E-state index < -0.39 is 12.0 Å². The van der Waals surface area contributed by atoms with Crippen LogP contribution in [0.3, 0.4) is 0 Å². The smallest absolute Gasteiger partial charge is 0.326 e. The molecule has 1 aromatic heterocycles. The first kappa shape index (κ1) is 24.9. The first-order valence-corrected chi connectivity index (χ1v) is 9.72.